The first-order valence-corrected chi connectivity index (χ1v) is 9.55. The molecule has 1 amide bonds. The molecular weight excluding hydrogens is 312 g/mol. The van der Waals surface area contributed by atoms with Crippen LogP contribution in [0.25, 0.3) is 0 Å². The van der Waals surface area contributed by atoms with E-state index in [1.54, 1.807) is 28.4 Å². The number of amides is 1. The summed E-state index contributed by atoms with van der Waals surface area (Å²) >= 11 is 0. The predicted molar refractivity (Wildman–Crippen MR) is 90.2 cm³/mol. The first kappa shape index (κ1) is 16.5. The highest BCUT2D eigenvalue weighted by Gasteiger charge is 2.44. The molecule has 0 saturated carbocycles. The van der Waals surface area contributed by atoms with Gasteiger partial charge >= 0.3 is 0 Å². The first-order chi connectivity index (χ1) is 10.7. The van der Waals surface area contributed by atoms with E-state index in [9.17, 15) is 13.2 Å². The summed E-state index contributed by atoms with van der Waals surface area (Å²) in [6.45, 7) is 6.75. The van der Waals surface area contributed by atoms with Crippen LogP contribution in [0.4, 0.5) is 5.69 Å². The third-order valence-electron chi connectivity index (χ3n) is 5.07. The van der Waals surface area contributed by atoms with Crippen LogP contribution < -0.4 is 4.90 Å². The van der Waals surface area contributed by atoms with Crippen LogP contribution in [0, 0.1) is 6.92 Å². The average molecular weight is 336 g/mol. The van der Waals surface area contributed by atoms with Gasteiger partial charge in [0, 0.05) is 20.1 Å². The van der Waals surface area contributed by atoms with Gasteiger partial charge in [0.05, 0.1) is 16.0 Å². The van der Waals surface area contributed by atoms with Gasteiger partial charge < -0.3 is 4.90 Å². The van der Waals surface area contributed by atoms with Gasteiger partial charge in [-0.25, -0.2) is 8.42 Å². The van der Waals surface area contributed by atoms with Gasteiger partial charge in [-0.15, -0.1) is 0 Å². The lowest BCUT2D eigenvalue weighted by Gasteiger charge is -2.26. The molecule has 2 aliphatic rings. The maximum Gasteiger partial charge on any atom is 0.243 e. The zero-order valence-electron chi connectivity index (χ0n) is 14.2. The fraction of sp³-hybridized carbons (Fsp3) is 0.588. The lowest BCUT2D eigenvalue weighted by atomic mass is 9.85. The molecule has 0 N–H and O–H groups in total. The fourth-order valence-corrected chi connectivity index (χ4v) is 5.34. The van der Waals surface area contributed by atoms with E-state index in [-0.39, 0.29) is 5.91 Å². The van der Waals surface area contributed by atoms with Crippen LogP contribution in [0.1, 0.15) is 44.2 Å². The molecule has 23 heavy (non-hydrogen) atoms. The number of benzene rings is 1. The van der Waals surface area contributed by atoms with E-state index in [1.807, 2.05) is 20.8 Å². The van der Waals surface area contributed by atoms with Gasteiger partial charge in [-0.05, 0) is 56.9 Å². The summed E-state index contributed by atoms with van der Waals surface area (Å²) in [6, 6.07) is 3.40. The maximum atomic E-state index is 12.9. The molecule has 0 atom stereocenters. The van der Waals surface area contributed by atoms with Crippen molar-refractivity contribution in [3.05, 3.63) is 23.3 Å². The van der Waals surface area contributed by atoms with Crippen LogP contribution in [-0.2, 0) is 20.2 Å². The van der Waals surface area contributed by atoms with Crippen molar-refractivity contribution in [2.45, 2.75) is 50.3 Å². The Hall–Kier alpha value is -1.40. The standard InChI is InChI=1S/C17H24N2O3S/c1-12-10-13(23(21,22)19-8-6-5-7-9-19)11-14-15(12)18(4)16(20)17(14,2)3/h10-11H,5-9H2,1-4H3. The highest BCUT2D eigenvalue weighted by atomic mass is 32.2. The minimum Gasteiger partial charge on any atom is -0.314 e. The third-order valence-corrected chi connectivity index (χ3v) is 6.95. The number of carbonyl (C=O) groups excluding carboxylic acids is 1. The molecule has 3 rings (SSSR count). The molecule has 1 saturated heterocycles. The molecule has 1 aromatic carbocycles. The van der Waals surface area contributed by atoms with Crippen LogP contribution in [-0.4, -0.2) is 38.8 Å². The molecule has 0 aromatic heterocycles. The molecule has 1 fully saturated rings. The number of rotatable bonds is 2. The molecule has 6 heteroatoms. The van der Waals surface area contributed by atoms with Gasteiger partial charge in [0.15, 0.2) is 0 Å². The lowest BCUT2D eigenvalue weighted by Crippen LogP contribution is -2.35. The number of carbonyl (C=O) groups is 1. The number of anilines is 1. The number of likely N-dealkylation sites (N-methyl/N-ethyl adjacent to an activating group) is 1. The number of aryl methyl sites for hydroxylation is 1. The van der Waals surface area contributed by atoms with Crippen LogP contribution in [0.2, 0.25) is 0 Å². The minimum absolute atomic E-state index is 0.00289. The van der Waals surface area contributed by atoms with Crippen molar-refractivity contribution in [3.8, 4) is 0 Å². The Bertz CT molecular complexity index is 762. The summed E-state index contributed by atoms with van der Waals surface area (Å²) in [6.07, 6.45) is 2.91. The van der Waals surface area contributed by atoms with Crippen molar-refractivity contribution < 1.29 is 13.2 Å². The maximum absolute atomic E-state index is 12.9. The Kier molecular flexibility index (Phi) is 3.80. The number of hydrogen-bond donors (Lipinski definition) is 0. The van der Waals surface area contributed by atoms with Crippen LogP contribution in [0.3, 0.4) is 0 Å². The highest BCUT2D eigenvalue weighted by molar-refractivity contribution is 7.89. The second-order valence-corrected chi connectivity index (χ2v) is 9.03. The van der Waals surface area contributed by atoms with Crippen molar-refractivity contribution in [2.24, 2.45) is 0 Å². The summed E-state index contributed by atoms with van der Waals surface area (Å²) in [7, 11) is -1.74. The van der Waals surface area contributed by atoms with E-state index in [0.29, 0.717) is 18.0 Å². The van der Waals surface area contributed by atoms with Gasteiger partial charge in [-0.3, -0.25) is 4.79 Å². The van der Waals surface area contributed by atoms with Crippen molar-refractivity contribution in [3.63, 3.8) is 0 Å². The largest absolute Gasteiger partial charge is 0.314 e. The molecule has 2 heterocycles. The van der Waals surface area contributed by atoms with Crippen molar-refractivity contribution in [2.75, 3.05) is 25.0 Å². The summed E-state index contributed by atoms with van der Waals surface area (Å²) in [5.41, 5.74) is 1.79. The minimum atomic E-state index is -3.49. The van der Waals surface area contributed by atoms with E-state index in [4.69, 9.17) is 0 Å². The number of piperidine rings is 1. The Labute approximate surface area is 138 Å². The normalized spacial score (nSPS) is 21.6. The van der Waals surface area contributed by atoms with Crippen molar-refractivity contribution in [1.29, 1.82) is 0 Å². The Morgan fingerprint density at radius 2 is 1.70 bits per heavy atom. The predicted octanol–water partition coefficient (Wildman–Crippen LogP) is 2.42. The summed E-state index contributed by atoms with van der Waals surface area (Å²) in [5, 5.41) is 0. The van der Waals surface area contributed by atoms with E-state index in [2.05, 4.69) is 0 Å². The highest BCUT2D eigenvalue weighted by Crippen LogP contribution is 2.44. The van der Waals surface area contributed by atoms with E-state index < -0.39 is 15.4 Å². The number of fused-ring (bicyclic) bond motifs is 1. The zero-order valence-corrected chi connectivity index (χ0v) is 15.0. The monoisotopic (exact) mass is 336 g/mol. The smallest absolute Gasteiger partial charge is 0.243 e. The Morgan fingerprint density at radius 1 is 1.09 bits per heavy atom. The van der Waals surface area contributed by atoms with E-state index >= 15 is 0 Å². The number of hydrogen-bond acceptors (Lipinski definition) is 3. The van der Waals surface area contributed by atoms with Gasteiger partial charge in [-0.1, -0.05) is 6.42 Å². The molecule has 1 aromatic rings. The van der Waals surface area contributed by atoms with Crippen molar-refractivity contribution in [1.82, 2.24) is 4.31 Å². The molecule has 0 spiro atoms. The second-order valence-electron chi connectivity index (χ2n) is 7.09. The zero-order chi connectivity index (χ0) is 17.0. The Balaban J connectivity index is 2.12. The molecule has 5 nitrogen and oxygen atoms in total. The number of nitrogens with zero attached hydrogens (tertiary/aromatic N) is 2. The molecule has 0 bridgehead atoms. The molecule has 2 aliphatic heterocycles. The number of sulfonamides is 1. The summed E-state index contributed by atoms with van der Waals surface area (Å²) in [4.78, 5) is 14.4. The molecule has 126 valence electrons. The van der Waals surface area contributed by atoms with Crippen LogP contribution in [0.5, 0.6) is 0 Å². The SMILES string of the molecule is Cc1cc(S(=O)(=O)N2CCCCC2)cc2c1N(C)C(=O)C2(C)C. The van der Waals surface area contributed by atoms with Crippen LogP contribution in [0.15, 0.2) is 17.0 Å². The molecular formula is C17H24N2O3S. The second kappa shape index (κ2) is 5.31. The first-order valence-electron chi connectivity index (χ1n) is 8.11. The third kappa shape index (κ3) is 2.39. The Morgan fingerprint density at radius 3 is 2.30 bits per heavy atom. The molecule has 0 radical (unpaired) electrons. The van der Waals surface area contributed by atoms with Crippen LogP contribution >= 0.6 is 0 Å². The van der Waals surface area contributed by atoms with Gasteiger partial charge in [0.25, 0.3) is 0 Å². The topological polar surface area (TPSA) is 57.7 Å². The van der Waals surface area contributed by atoms with Gasteiger partial charge in [-0.2, -0.15) is 4.31 Å². The van der Waals surface area contributed by atoms with E-state index in [1.165, 1.54) is 0 Å². The fourth-order valence-electron chi connectivity index (χ4n) is 3.71. The quantitative estimate of drug-likeness (QED) is 0.833. The van der Waals surface area contributed by atoms with Gasteiger partial charge in [0.1, 0.15) is 0 Å². The van der Waals surface area contributed by atoms with Crippen molar-refractivity contribution >= 4 is 21.6 Å². The average Bonchev–Trinajstić information content (AvgIpc) is 2.69. The molecule has 0 unspecified atom stereocenters. The summed E-state index contributed by atoms with van der Waals surface area (Å²) < 4.78 is 27.5. The molecule has 0 aliphatic carbocycles. The lowest BCUT2D eigenvalue weighted by molar-refractivity contribution is -0.121. The van der Waals surface area contributed by atoms with Gasteiger partial charge in [0.2, 0.25) is 15.9 Å². The van der Waals surface area contributed by atoms with E-state index in [0.717, 1.165) is 36.1 Å². The summed E-state index contributed by atoms with van der Waals surface area (Å²) in [5.74, 6) is 0.00289.